The maximum atomic E-state index is 5.61. The highest BCUT2D eigenvalue weighted by molar-refractivity contribution is 6.54. The van der Waals surface area contributed by atoms with E-state index in [1.807, 2.05) is 52.0 Å². The van der Waals surface area contributed by atoms with Crippen LogP contribution in [0.2, 0.25) is 0 Å². The van der Waals surface area contributed by atoms with Gasteiger partial charge in [0.25, 0.3) is 0 Å². The molecule has 0 bridgehead atoms. The van der Waals surface area contributed by atoms with Crippen LogP contribution in [0.5, 0.6) is 0 Å². The molecule has 1 rings (SSSR count). The molecule has 0 aromatic heterocycles. The van der Waals surface area contributed by atoms with Gasteiger partial charge in [-0.05, 0) is 46.8 Å². The number of rotatable bonds is 4. The molecule has 18 heavy (non-hydrogen) atoms. The standard InChI is InChI=1S/C15H21BO2/c1-12(2)17-16(18-13(3)4)11-10-15-8-6-14(5)7-9-15/h6-9,12-13H,1-5H3. The van der Waals surface area contributed by atoms with Crippen LogP contribution < -0.4 is 0 Å². The molecule has 0 radical (unpaired) electrons. The fourth-order valence-corrected chi connectivity index (χ4v) is 1.37. The van der Waals surface area contributed by atoms with Crippen molar-refractivity contribution in [1.29, 1.82) is 0 Å². The molecule has 1 aromatic carbocycles. The lowest BCUT2D eigenvalue weighted by molar-refractivity contribution is 0.140. The Labute approximate surface area is 111 Å². The van der Waals surface area contributed by atoms with Crippen molar-refractivity contribution in [3.8, 4) is 11.7 Å². The van der Waals surface area contributed by atoms with Crippen LogP contribution in [0.15, 0.2) is 24.3 Å². The minimum atomic E-state index is -0.466. The van der Waals surface area contributed by atoms with Crippen LogP contribution in [-0.2, 0) is 9.31 Å². The van der Waals surface area contributed by atoms with Crippen LogP contribution in [-0.4, -0.2) is 19.3 Å². The minimum Gasteiger partial charge on any atom is -0.398 e. The lowest BCUT2D eigenvalue weighted by Gasteiger charge is -2.14. The third-order valence-electron chi connectivity index (χ3n) is 2.18. The van der Waals surface area contributed by atoms with Crippen LogP contribution in [0.3, 0.4) is 0 Å². The molecule has 0 heterocycles. The molecule has 0 fully saturated rings. The average Bonchev–Trinajstić information content (AvgIpc) is 2.26. The number of benzene rings is 1. The van der Waals surface area contributed by atoms with E-state index in [1.54, 1.807) is 0 Å². The molecule has 0 aliphatic heterocycles. The van der Waals surface area contributed by atoms with Gasteiger partial charge in [-0.2, -0.15) is 0 Å². The third kappa shape index (κ3) is 5.91. The number of aryl methyl sites for hydroxylation is 1. The predicted molar refractivity (Wildman–Crippen MR) is 76.3 cm³/mol. The summed E-state index contributed by atoms with van der Waals surface area (Å²) in [4.78, 5) is 0. The molecule has 0 unspecified atom stereocenters. The van der Waals surface area contributed by atoms with Gasteiger partial charge in [-0.3, -0.25) is 0 Å². The van der Waals surface area contributed by atoms with Crippen LogP contribution in [0, 0.1) is 18.7 Å². The van der Waals surface area contributed by atoms with Crippen molar-refractivity contribution in [3.63, 3.8) is 0 Å². The maximum Gasteiger partial charge on any atom is 0.550 e. The summed E-state index contributed by atoms with van der Waals surface area (Å²) in [6.07, 6.45) is 0.196. The van der Waals surface area contributed by atoms with E-state index in [0.717, 1.165) is 5.56 Å². The highest BCUT2D eigenvalue weighted by atomic mass is 16.6. The lowest BCUT2D eigenvalue weighted by atomic mass is 9.90. The first-order valence-electron chi connectivity index (χ1n) is 6.36. The van der Waals surface area contributed by atoms with Gasteiger partial charge in [0.05, 0.1) is 0 Å². The zero-order valence-electron chi connectivity index (χ0n) is 11.9. The van der Waals surface area contributed by atoms with Crippen molar-refractivity contribution in [2.75, 3.05) is 0 Å². The Kier molecular flexibility index (Phi) is 5.98. The molecular weight excluding hydrogens is 223 g/mol. The summed E-state index contributed by atoms with van der Waals surface area (Å²) < 4.78 is 11.2. The van der Waals surface area contributed by atoms with E-state index in [0.29, 0.717) is 0 Å². The second kappa shape index (κ2) is 7.26. The maximum absolute atomic E-state index is 5.61. The van der Waals surface area contributed by atoms with E-state index in [1.165, 1.54) is 5.56 Å². The number of hydrogen-bond acceptors (Lipinski definition) is 2. The van der Waals surface area contributed by atoms with E-state index in [9.17, 15) is 0 Å². The molecular formula is C15H21BO2. The molecule has 0 N–H and O–H groups in total. The van der Waals surface area contributed by atoms with Gasteiger partial charge in [-0.25, -0.2) is 0 Å². The van der Waals surface area contributed by atoms with E-state index in [-0.39, 0.29) is 12.2 Å². The monoisotopic (exact) mass is 244 g/mol. The van der Waals surface area contributed by atoms with Crippen molar-refractivity contribution in [3.05, 3.63) is 35.4 Å². The molecule has 96 valence electrons. The van der Waals surface area contributed by atoms with Crippen LogP contribution >= 0.6 is 0 Å². The van der Waals surface area contributed by atoms with E-state index in [4.69, 9.17) is 9.31 Å². The molecule has 0 amide bonds. The van der Waals surface area contributed by atoms with Crippen LogP contribution in [0.4, 0.5) is 0 Å². The largest absolute Gasteiger partial charge is 0.550 e. The molecule has 3 heteroatoms. The molecule has 0 aliphatic carbocycles. The van der Waals surface area contributed by atoms with Crippen molar-refractivity contribution in [2.45, 2.75) is 46.8 Å². The Bertz CT molecular complexity index is 402. The summed E-state index contributed by atoms with van der Waals surface area (Å²) in [7, 11) is -0.466. The van der Waals surface area contributed by atoms with Gasteiger partial charge in [0.1, 0.15) is 0 Å². The second-order valence-corrected chi connectivity index (χ2v) is 4.84. The Morgan fingerprint density at radius 2 is 1.44 bits per heavy atom. The van der Waals surface area contributed by atoms with Gasteiger partial charge in [-0.15, -0.1) is 0 Å². The van der Waals surface area contributed by atoms with Crippen molar-refractivity contribution >= 4 is 7.12 Å². The third-order valence-corrected chi connectivity index (χ3v) is 2.18. The first-order chi connectivity index (χ1) is 8.47. The second-order valence-electron chi connectivity index (χ2n) is 4.84. The van der Waals surface area contributed by atoms with Crippen molar-refractivity contribution in [2.24, 2.45) is 0 Å². The van der Waals surface area contributed by atoms with Gasteiger partial charge in [0, 0.05) is 17.8 Å². The summed E-state index contributed by atoms with van der Waals surface area (Å²) >= 11 is 0. The Morgan fingerprint density at radius 1 is 0.944 bits per heavy atom. The summed E-state index contributed by atoms with van der Waals surface area (Å²) in [5, 5.41) is 0. The quantitative estimate of drug-likeness (QED) is 0.598. The topological polar surface area (TPSA) is 18.5 Å². The summed E-state index contributed by atoms with van der Waals surface area (Å²) in [5.74, 6) is 6.11. The van der Waals surface area contributed by atoms with Gasteiger partial charge in [0.15, 0.2) is 0 Å². The van der Waals surface area contributed by atoms with Crippen LogP contribution in [0.25, 0.3) is 0 Å². The van der Waals surface area contributed by atoms with E-state index < -0.39 is 7.12 Å². The molecule has 2 nitrogen and oxygen atoms in total. The molecule has 0 spiro atoms. The fourth-order valence-electron chi connectivity index (χ4n) is 1.37. The lowest BCUT2D eigenvalue weighted by Crippen LogP contribution is -2.28. The first-order valence-corrected chi connectivity index (χ1v) is 6.36. The highest BCUT2D eigenvalue weighted by Crippen LogP contribution is 2.03. The van der Waals surface area contributed by atoms with Gasteiger partial charge in [-0.1, -0.05) is 29.4 Å². The Morgan fingerprint density at radius 3 is 1.89 bits per heavy atom. The minimum absolute atomic E-state index is 0.0982. The van der Waals surface area contributed by atoms with Crippen LogP contribution in [0.1, 0.15) is 38.8 Å². The van der Waals surface area contributed by atoms with Gasteiger partial charge in [0.2, 0.25) is 0 Å². The summed E-state index contributed by atoms with van der Waals surface area (Å²) in [5.41, 5.74) is 2.21. The smallest absolute Gasteiger partial charge is 0.398 e. The fraction of sp³-hybridized carbons (Fsp3) is 0.467. The molecule has 0 saturated heterocycles. The Balaban J connectivity index is 2.73. The highest BCUT2D eigenvalue weighted by Gasteiger charge is 2.18. The van der Waals surface area contributed by atoms with Crippen molar-refractivity contribution < 1.29 is 9.31 Å². The predicted octanol–water partition coefficient (Wildman–Crippen LogP) is 3.22. The zero-order valence-corrected chi connectivity index (χ0v) is 11.9. The SMILES string of the molecule is Cc1ccc(C#CB(OC(C)C)OC(C)C)cc1. The normalized spacial score (nSPS) is 10.4. The van der Waals surface area contributed by atoms with Crippen molar-refractivity contribution in [1.82, 2.24) is 0 Å². The van der Waals surface area contributed by atoms with Gasteiger partial charge < -0.3 is 9.31 Å². The molecule has 1 aromatic rings. The first kappa shape index (κ1) is 14.8. The molecule has 0 atom stereocenters. The Hall–Kier alpha value is -1.24. The zero-order chi connectivity index (χ0) is 13.5. The molecule has 0 aliphatic rings. The molecule has 0 saturated carbocycles. The van der Waals surface area contributed by atoms with E-state index in [2.05, 4.69) is 18.7 Å². The summed E-state index contributed by atoms with van der Waals surface area (Å²) in [6.45, 7) is 9.97. The number of hydrogen-bond donors (Lipinski definition) is 0. The average molecular weight is 244 g/mol. The van der Waals surface area contributed by atoms with E-state index >= 15 is 0 Å². The van der Waals surface area contributed by atoms with Gasteiger partial charge >= 0.3 is 7.12 Å². The summed E-state index contributed by atoms with van der Waals surface area (Å²) in [6, 6.07) is 8.10.